The lowest BCUT2D eigenvalue weighted by atomic mass is 9.72. The van der Waals surface area contributed by atoms with E-state index in [1.54, 1.807) is 12.3 Å². The molecule has 5 rings (SSSR count). The van der Waals surface area contributed by atoms with Gasteiger partial charge < -0.3 is 14.2 Å². The summed E-state index contributed by atoms with van der Waals surface area (Å²) >= 11 is 0. The van der Waals surface area contributed by atoms with E-state index in [2.05, 4.69) is 10.1 Å². The maximum absolute atomic E-state index is 13.0. The highest BCUT2D eigenvalue weighted by atomic mass is 16.5. The Bertz CT molecular complexity index is 984. The second-order valence-electron chi connectivity index (χ2n) is 7.75. The number of ether oxygens (including phenoxy) is 1. The van der Waals surface area contributed by atoms with Crippen LogP contribution in [-0.4, -0.2) is 52.2 Å². The summed E-state index contributed by atoms with van der Waals surface area (Å²) < 4.78 is 11.3. The highest BCUT2D eigenvalue weighted by molar-refractivity contribution is 5.92. The number of carbonyl (C=O) groups is 1. The Hall–Kier alpha value is -3.06. The lowest BCUT2D eigenvalue weighted by molar-refractivity contribution is 0.00833. The third-order valence-electron chi connectivity index (χ3n) is 6.08. The summed E-state index contributed by atoms with van der Waals surface area (Å²) in [6.07, 6.45) is 3.38. The van der Waals surface area contributed by atoms with Crippen LogP contribution in [-0.2, 0) is 4.74 Å². The molecule has 2 aliphatic heterocycles. The molecule has 1 spiro atoms. The number of likely N-dealkylation sites (tertiary alicyclic amines) is 1. The molecule has 4 heterocycles. The van der Waals surface area contributed by atoms with Crippen molar-refractivity contribution in [3.05, 3.63) is 66.3 Å². The van der Waals surface area contributed by atoms with Crippen molar-refractivity contribution >= 4 is 5.91 Å². The Balaban J connectivity index is 1.46. The molecule has 2 aromatic heterocycles. The molecule has 2 aliphatic rings. The molecule has 1 atom stereocenters. The van der Waals surface area contributed by atoms with Crippen molar-refractivity contribution in [1.29, 1.82) is 0 Å². The Kier molecular flexibility index (Phi) is 4.60. The maximum atomic E-state index is 13.0. The lowest BCUT2D eigenvalue weighted by Crippen LogP contribution is -2.37. The van der Waals surface area contributed by atoms with E-state index in [1.807, 2.05) is 47.4 Å². The van der Waals surface area contributed by atoms with E-state index in [1.165, 1.54) is 0 Å². The van der Waals surface area contributed by atoms with E-state index in [0.717, 1.165) is 18.4 Å². The molecule has 0 aliphatic carbocycles. The predicted molar refractivity (Wildman–Crippen MR) is 105 cm³/mol. The Morgan fingerprint density at radius 1 is 1.07 bits per heavy atom. The summed E-state index contributed by atoms with van der Waals surface area (Å²) in [7, 11) is 0. The van der Waals surface area contributed by atoms with E-state index < -0.39 is 0 Å². The van der Waals surface area contributed by atoms with Crippen LogP contribution < -0.4 is 0 Å². The molecular weight excluding hydrogens is 368 g/mol. The van der Waals surface area contributed by atoms with Gasteiger partial charge in [0.15, 0.2) is 0 Å². The fourth-order valence-electron chi connectivity index (χ4n) is 4.48. The van der Waals surface area contributed by atoms with Crippen molar-refractivity contribution in [2.45, 2.75) is 18.8 Å². The molecule has 7 heteroatoms. The summed E-state index contributed by atoms with van der Waals surface area (Å²) in [4.78, 5) is 23.9. The first-order chi connectivity index (χ1) is 14.3. The fraction of sp³-hybridized carbons (Fsp3) is 0.364. The number of hydrogen-bond acceptors (Lipinski definition) is 6. The van der Waals surface area contributed by atoms with Gasteiger partial charge in [-0.25, -0.2) is 0 Å². The second kappa shape index (κ2) is 7.40. The molecule has 2 fully saturated rings. The minimum absolute atomic E-state index is 0.0102. The van der Waals surface area contributed by atoms with Crippen molar-refractivity contribution in [1.82, 2.24) is 20.0 Å². The molecule has 1 aromatic carbocycles. The van der Waals surface area contributed by atoms with Crippen molar-refractivity contribution in [2.75, 3.05) is 26.3 Å². The average Bonchev–Trinajstić information content (AvgIpc) is 3.40. The standard InChI is InChI=1S/C22H22N4O3/c27-21(18-8-4-5-11-23-18)26-14-17(22(15-26)9-12-28-13-10-22)20-24-19(25-29-20)16-6-2-1-3-7-16/h1-8,11,17H,9-10,12-15H2/t17-/m1/s1. The van der Waals surface area contributed by atoms with E-state index in [4.69, 9.17) is 14.2 Å². The lowest BCUT2D eigenvalue weighted by Gasteiger charge is -2.36. The smallest absolute Gasteiger partial charge is 0.272 e. The highest BCUT2D eigenvalue weighted by Gasteiger charge is 2.51. The van der Waals surface area contributed by atoms with Crippen molar-refractivity contribution in [3.8, 4) is 11.4 Å². The second-order valence-corrected chi connectivity index (χ2v) is 7.75. The van der Waals surface area contributed by atoms with Crippen LogP contribution in [0.1, 0.15) is 35.1 Å². The van der Waals surface area contributed by atoms with Crippen LogP contribution in [0.3, 0.4) is 0 Å². The number of rotatable bonds is 3. The number of benzene rings is 1. The molecule has 0 radical (unpaired) electrons. The molecule has 0 unspecified atom stereocenters. The quantitative estimate of drug-likeness (QED) is 0.683. The zero-order valence-corrected chi connectivity index (χ0v) is 16.0. The first-order valence-electron chi connectivity index (χ1n) is 9.92. The Morgan fingerprint density at radius 3 is 2.62 bits per heavy atom. The number of pyridine rings is 1. The third-order valence-corrected chi connectivity index (χ3v) is 6.08. The number of hydrogen-bond donors (Lipinski definition) is 0. The molecule has 148 valence electrons. The normalized spacial score (nSPS) is 20.8. The number of aromatic nitrogens is 3. The first-order valence-corrected chi connectivity index (χ1v) is 9.92. The van der Waals surface area contributed by atoms with Crippen molar-refractivity contribution in [3.63, 3.8) is 0 Å². The highest BCUT2D eigenvalue weighted by Crippen LogP contribution is 2.49. The van der Waals surface area contributed by atoms with Gasteiger partial charge in [-0.3, -0.25) is 9.78 Å². The van der Waals surface area contributed by atoms with Crippen LogP contribution in [0.15, 0.2) is 59.3 Å². The van der Waals surface area contributed by atoms with E-state index >= 15 is 0 Å². The van der Waals surface area contributed by atoms with Crippen LogP contribution in [0.5, 0.6) is 0 Å². The average molecular weight is 390 g/mol. The van der Waals surface area contributed by atoms with Gasteiger partial charge in [0.1, 0.15) is 5.69 Å². The van der Waals surface area contributed by atoms with E-state index in [9.17, 15) is 4.79 Å². The molecule has 7 nitrogen and oxygen atoms in total. The minimum atomic E-state index is -0.108. The first kappa shape index (κ1) is 18.0. The largest absolute Gasteiger partial charge is 0.381 e. The molecule has 1 amide bonds. The summed E-state index contributed by atoms with van der Waals surface area (Å²) in [5.74, 6) is 1.12. The maximum Gasteiger partial charge on any atom is 0.272 e. The van der Waals surface area contributed by atoms with Crippen LogP contribution in [0, 0.1) is 5.41 Å². The van der Waals surface area contributed by atoms with Gasteiger partial charge in [0.2, 0.25) is 11.7 Å². The zero-order chi connectivity index (χ0) is 19.7. The Morgan fingerprint density at radius 2 is 1.86 bits per heavy atom. The van der Waals surface area contributed by atoms with Crippen LogP contribution in [0.4, 0.5) is 0 Å². The van der Waals surface area contributed by atoms with Gasteiger partial charge in [-0.1, -0.05) is 41.6 Å². The summed E-state index contributed by atoms with van der Waals surface area (Å²) in [5.41, 5.74) is 1.28. The van der Waals surface area contributed by atoms with Gasteiger partial charge >= 0.3 is 0 Å². The molecule has 0 saturated carbocycles. The molecule has 2 saturated heterocycles. The minimum Gasteiger partial charge on any atom is -0.381 e. The molecular formula is C22H22N4O3. The van der Waals surface area contributed by atoms with Crippen LogP contribution in [0.2, 0.25) is 0 Å². The summed E-state index contributed by atoms with van der Waals surface area (Å²) in [6, 6.07) is 15.2. The zero-order valence-electron chi connectivity index (χ0n) is 16.0. The molecule has 29 heavy (non-hydrogen) atoms. The monoisotopic (exact) mass is 390 g/mol. The van der Waals surface area contributed by atoms with Crippen LogP contribution in [0.25, 0.3) is 11.4 Å². The van der Waals surface area contributed by atoms with Gasteiger partial charge in [-0.05, 0) is 25.0 Å². The van der Waals surface area contributed by atoms with Crippen molar-refractivity contribution in [2.24, 2.45) is 5.41 Å². The number of carbonyl (C=O) groups excluding carboxylic acids is 1. The number of amides is 1. The van der Waals surface area contributed by atoms with E-state index in [0.29, 0.717) is 43.7 Å². The van der Waals surface area contributed by atoms with Gasteiger partial charge in [-0.2, -0.15) is 4.98 Å². The topological polar surface area (TPSA) is 81.4 Å². The molecule has 0 bridgehead atoms. The summed E-state index contributed by atoms with van der Waals surface area (Å²) in [5, 5.41) is 4.20. The van der Waals surface area contributed by atoms with E-state index in [-0.39, 0.29) is 17.2 Å². The van der Waals surface area contributed by atoms with Gasteiger partial charge in [0.25, 0.3) is 5.91 Å². The van der Waals surface area contributed by atoms with Crippen molar-refractivity contribution < 1.29 is 14.1 Å². The molecule has 3 aromatic rings. The Labute approximate surface area is 168 Å². The SMILES string of the molecule is O=C(c1ccccn1)N1C[C@H](c2nc(-c3ccccc3)no2)C2(CCOCC2)C1. The predicted octanol–water partition coefficient (Wildman–Crippen LogP) is 3.17. The molecule has 0 N–H and O–H groups in total. The fourth-order valence-corrected chi connectivity index (χ4v) is 4.48. The number of nitrogens with zero attached hydrogens (tertiary/aromatic N) is 4. The van der Waals surface area contributed by atoms with Gasteiger partial charge in [-0.15, -0.1) is 0 Å². The third kappa shape index (κ3) is 3.31. The van der Waals surface area contributed by atoms with Crippen LogP contribution >= 0.6 is 0 Å². The summed E-state index contributed by atoms with van der Waals surface area (Å²) in [6.45, 7) is 2.56. The van der Waals surface area contributed by atoms with Gasteiger partial charge in [0.05, 0.1) is 5.92 Å². The van der Waals surface area contributed by atoms with Gasteiger partial charge in [0, 0.05) is 43.5 Å².